The largest absolute Gasteiger partial charge is 0.462 e. The molecule has 2 aromatic rings. The zero-order valence-corrected chi connectivity index (χ0v) is 20.2. The fourth-order valence-corrected chi connectivity index (χ4v) is 5.56. The highest BCUT2D eigenvalue weighted by molar-refractivity contribution is 7.51. The molecule has 0 bridgehead atoms. The number of nitrogens with zero attached hydrogens (tertiary/aromatic N) is 4. The van der Waals surface area contributed by atoms with Crippen molar-refractivity contribution >= 4 is 30.7 Å². The van der Waals surface area contributed by atoms with Crippen LogP contribution in [0.5, 0.6) is 0 Å². The summed E-state index contributed by atoms with van der Waals surface area (Å²) in [4.78, 5) is 25.0. The number of hydrogen-bond donors (Lipinski definition) is 2. The van der Waals surface area contributed by atoms with Crippen molar-refractivity contribution in [3.05, 3.63) is 12.2 Å². The van der Waals surface area contributed by atoms with Crippen molar-refractivity contribution in [1.29, 1.82) is 0 Å². The second-order valence-electron chi connectivity index (χ2n) is 8.29. The number of hydrogen-bond acceptors (Lipinski definition) is 10. The Morgan fingerprint density at radius 3 is 2.82 bits per heavy atom. The van der Waals surface area contributed by atoms with Crippen molar-refractivity contribution in [3.63, 3.8) is 0 Å². The lowest BCUT2D eigenvalue weighted by molar-refractivity contribution is -0.149. The lowest BCUT2D eigenvalue weighted by atomic mass is 9.97. The molecule has 184 valence electrons. The van der Waals surface area contributed by atoms with E-state index in [4.69, 9.17) is 24.9 Å². The maximum Gasteiger partial charge on any atom is 0.406 e. The van der Waals surface area contributed by atoms with E-state index in [2.05, 4.69) is 31.3 Å². The van der Waals surface area contributed by atoms with E-state index in [0.717, 1.165) is 0 Å². The molecule has 0 amide bonds. The molecule has 2 aliphatic heterocycles. The minimum Gasteiger partial charge on any atom is -0.462 e. The maximum absolute atomic E-state index is 16.3. The summed E-state index contributed by atoms with van der Waals surface area (Å²) >= 11 is 0. The molecule has 0 saturated carbocycles. The van der Waals surface area contributed by atoms with E-state index in [1.807, 2.05) is 0 Å². The minimum absolute atomic E-state index is 0.285. The van der Waals surface area contributed by atoms with Crippen molar-refractivity contribution in [1.82, 2.24) is 24.6 Å². The number of terminal acetylenes is 1. The van der Waals surface area contributed by atoms with Crippen LogP contribution in [0.4, 0.5) is 10.2 Å². The van der Waals surface area contributed by atoms with Crippen LogP contribution in [0.1, 0.15) is 32.8 Å². The lowest BCUT2D eigenvalue weighted by Crippen LogP contribution is -2.48. The number of alkyl halides is 1. The number of nitrogens with one attached hydrogen (secondary N) is 2. The van der Waals surface area contributed by atoms with Gasteiger partial charge in [0.15, 0.2) is 23.2 Å². The number of carbonyl (C=O) groups is 1. The van der Waals surface area contributed by atoms with E-state index in [9.17, 15) is 9.36 Å². The number of ether oxygens (including phenoxy) is 2. The molecular weight excluding hydrogens is 470 g/mol. The summed E-state index contributed by atoms with van der Waals surface area (Å²) in [6.07, 6.45) is 2.75. The Kier molecular flexibility index (Phi) is 6.39. The first-order chi connectivity index (χ1) is 16.0. The van der Waals surface area contributed by atoms with Crippen molar-refractivity contribution in [2.24, 2.45) is 0 Å². The van der Waals surface area contributed by atoms with E-state index < -0.39 is 43.9 Å². The van der Waals surface area contributed by atoms with Gasteiger partial charge in [0.25, 0.3) is 0 Å². The molecular formula is C20H26FN6O6P. The van der Waals surface area contributed by atoms with Crippen LogP contribution >= 0.6 is 7.75 Å². The number of aryl methyl sites for hydroxylation is 1. The summed E-state index contributed by atoms with van der Waals surface area (Å²) in [5.74, 6) is 2.32. The fraction of sp³-hybridized carbons (Fsp3) is 0.600. The smallest absolute Gasteiger partial charge is 0.406 e. The minimum atomic E-state index is -4.13. The lowest BCUT2D eigenvalue weighted by Gasteiger charge is -2.34. The van der Waals surface area contributed by atoms with E-state index in [1.54, 1.807) is 27.8 Å². The highest BCUT2D eigenvalue weighted by Gasteiger charge is 2.63. The van der Waals surface area contributed by atoms with Gasteiger partial charge in [-0.05, 0) is 27.7 Å². The van der Waals surface area contributed by atoms with Crippen LogP contribution in [-0.4, -0.2) is 69.2 Å². The number of esters is 1. The van der Waals surface area contributed by atoms with Gasteiger partial charge in [0.05, 0.1) is 19.0 Å². The second kappa shape index (κ2) is 8.87. The third-order valence-electron chi connectivity index (χ3n) is 5.38. The van der Waals surface area contributed by atoms with Gasteiger partial charge in [-0.3, -0.25) is 18.4 Å². The first-order valence-electron chi connectivity index (χ1n) is 10.6. The Balaban J connectivity index is 1.63. The quantitative estimate of drug-likeness (QED) is 0.344. The van der Waals surface area contributed by atoms with Crippen molar-refractivity contribution < 1.29 is 32.3 Å². The number of aromatic nitrogens is 4. The Morgan fingerprint density at radius 1 is 1.44 bits per heavy atom. The molecule has 34 heavy (non-hydrogen) atoms. The predicted octanol–water partition coefficient (Wildman–Crippen LogP) is 1.87. The molecule has 6 atom stereocenters. The summed E-state index contributed by atoms with van der Waals surface area (Å²) in [7, 11) is -2.45. The van der Waals surface area contributed by atoms with Gasteiger partial charge in [0, 0.05) is 7.05 Å². The molecule has 0 aliphatic carbocycles. The van der Waals surface area contributed by atoms with Crippen LogP contribution in [0, 0.1) is 19.3 Å². The first-order valence-corrected chi connectivity index (χ1v) is 12.2. The van der Waals surface area contributed by atoms with Gasteiger partial charge in [0.1, 0.15) is 24.1 Å². The number of carbonyl (C=O) groups excluding carboxylic acids is 1. The van der Waals surface area contributed by atoms with E-state index in [-0.39, 0.29) is 12.7 Å². The summed E-state index contributed by atoms with van der Waals surface area (Å²) in [6.45, 7) is 6.18. The molecule has 1 unspecified atom stereocenters. The molecule has 0 radical (unpaired) electrons. The van der Waals surface area contributed by atoms with Crippen LogP contribution in [0.2, 0.25) is 0 Å². The maximum atomic E-state index is 16.3. The molecule has 4 rings (SSSR count). The third kappa shape index (κ3) is 4.16. The standard InChI is InChI=1S/C20H26FN6O6P/c1-7-20(21)15-13(8-30-34(29,33-15)26-11(4)18(28)31-10(2)3)32-19(20)27-9-23-14-16(22-6)24-12(5)25-17(14)27/h1,9-11,13,15,19H,8H2,2-6H3,(H,26,29)(H,22,24,25)/t11-,13+,15+,19+,20+,34?/m0/s1. The van der Waals surface area contributed by atoms with Gasteiger partial charge in [0.2, 0.25) is 5.67 Å². The summed E-state index contributed by atoms with van der Waals surface area (Å²) in [6, 6.07) is -1.04. The number of anilines is 1. The van der Waals surface area contributed by atoms with Gasteiger partial charge in [-0.2, -0.15) is 0 Å². The number of imidazole rings is 1. The van der Waals surface area contributed by atoms with Crippen molar-refractivity contribution in [2.45, 2.75) is 63.9 Å². The van der Waals surface area contributed by atoms with Crippen LogP contribution < -0.4 is 10.4 Å². The van der Waals surface area contributed by atoms with Crippen molar-refractivity contribution in [3.8, 4) is 12.3 Å². The highest BCUT2D eigenvalue weighted by Crippen LogP contribution is 2.57. The zero-order chi connectivity index (χ0) is 24.8. The molecule has 2 aliphatic rings. The topological polar surface area (TPSA) is 139 Å². The van der Waals surface area contributed by atoms with Crippen LogP contribution in [-0.2, 0) is 27.9 Å². The summed E-state index contributed by atoms with van der Waals surface area (Å²) < 4.78 is 52.7. The second-order valence-corrected chi connectivity index (χ2v) is 10.0. The van der Waals surface area contributed by atoms with Gasteiger partial charge >= 0.3 is 13.7 Å². The van der Waals surface area contributed by atoms with Gasteiger partial charge in [-0.1, -0.05) is 5.92 Å². The highest BCUT2D eigenvalue weighted by atomic mass is 31.2. The molecule has 2 aromatic heterocycles. The molecule has 2 N–H and O–H groups in total. The SMILES string of the molecule is C#C[C@@]1(F)[C@@H]2OP(=O)(N[C@@H](C)C(=O)OC(C)C)OC[C@H]2O[C@H]1n1cnc2c(NC)nc(C)nc21. The van der Waals surface area contributed by atoms with E-state index >= 15 is 4.39 Å². The Bertz CT molecular complexity index is 1200. The molecule has 2 saturated heterocycles. The van der Waals surface area contributed by atoms with Gasteiger partial charge in [-0.25, -0.2) is 29.0 Å². The summed E-state index contributed by atoms with van der Waals surface area (Å²) in [5, 5.41) is 5.39. The average Bonchev–Trinajstić information content (AvgIpc) is 3.31. The van der Waals surface area contributed by atoms with E-state index in [1.165, 1.54) is 17.8 Å². The average molecular weight is 496 g/mol. The van der Waals surface area contributed by atoms with E-state index in [0.29, 0.717) is 22.8 Å². The number of fused-ring (bicyclic) bond motifs is 2. The van der Waals surface area contributed by atoms with Crippen molar-refractivity contribution in [2.75, 3.05) is 19.0 Å². The molecule has 14 heteroatoms. The van der Waals surface area contributed by atoms with Gasteiger partial charge < -0.3 is 14.8 Å². The Hall–Kier alpha value is -2.62. The predicted molar refractivity (Wildman–Crippen MR) is 118 cm³/mol. The third-order valence-corrected chi connectivity index (χ3v) is 7.07. The van der Waals surface area contributed by atoms with Crippen LogP contribution in [0.25, 0.3) is 11.2 Å². The van der Waals surface area contributed by atoms with Gasteiger partial charge in [-0.15, -0.1) is 6.42 Å². The normalized spacial score (nSPS) is 31.8. The molecule has 0 aromatic carbocycles. The van der Waals surface area contributed by atoms with Crippen LogP contribution in [0.15, 0.2) is 6.33 Å². The number of halogens is 1. The molecule has 12 nitrogen and oxygen atoms in total. The molecule has 0 spiro atoms. The summed E-state index contributed by atoms with van der Waals surface area (Å²) in [5.41, 5.74) is -1.86. The molecule has 2 fully saturated rings. The monoisotopic (exact) mass is 496 g/mol. The fourth-order valence-electron chi connectivity index (χ4n) is 3.85. The Morgan fingerprint density at radius 2 is 2.18 bits per heavy atom. The Labute approximate surface area is 195 Å². The molecule has 4 heterocycles. The number of rotatable bonds is 6. The first kappa shape index (κ1) is 24.5. The zero-order valence-electron chi connectivity index (χ0n) is 19.3. The van der Waals surface area contributed by atoms with Crippen LogP contribution in [0.3, 0.4) is 0 Å².